The van der Waals surface area contributed by atoms with Gasteiger partial charge in [0.2, 0.25) is 0 Å². The summed E-state index contributed by atoms with van der Waals surface area (Å²) >= 11 is 1.30. The van der Waals surface area contributed by atoms with Crippen LogP contribution in [0.15, 0.2) is 29.3 Å². The first-order chi connectivity index (χ1) is 14.9. The summed E-state index contributed by atoms with van der Waals surface area (Å²) in [5.41, 5.74) is 1.50. The number of rotatable bonds is 8. The molecule has 1 aliphatic carbocycles. The molecule has 9 heteroatoms. The van der Waals surface area contributed by atoms with Gasteiger partial charge in [-0.25, -0.2) is 9.78 Å². The van der Waals surface area contributed by atoms with E-state index in [0.717, 1.165) is 18.5 Å². The van der Waals surface area contributed by atoms with Crippen molar-refractivity contribution in [3.05, 3.63) is 41.1 Å². The van der Waals surface area contributed by atoms with Crippen LogP contribution < -0.4 is 14.8 Å². The van der Waals surface area contributed by atoms with Gasteiger partial charge >= 0.3 is 5.97 Å². The topological polar surface area (TPSA) is 111 Å². The average Bonchev–Trinajstić information content (AvgIpc) is 3.63. The predicted molar refractivity (Wildman–Crippen MR) is 116 cm³/mol. The number of hydrogen-bond acceptors (Lipinski definition) is 8. The third-order valence-corrected chi connectivity index (χ3v) is 5.48. The second-order valence-electron chi connectivity index (χ2n) is 7.00. The zero-order chi connectivity index (χ0) is 22.5. The van der Waals surface area contributed by atoms with Crippen molar-refractivity contribution in [2.75, 3.05) is 25.8 Å². The maximum absolute atomic E-state index is 12.8. The number of nitrogens with one attached hydrogen (secondary N) is 1. The minimum absolute atomic E-state index is 0.131. The Balaban J connectivity index is 1.77. The van der Waals surface area contributed by atoms with Crippen LogP contribution in [0.4, 0.5) is 5.69 Å². The molecule has 0 bridgehead atoms. The molecule has 1 atom stereocenters. The van der Waals surface area contributed by atoms with Crippen LogP contribution in [0.3, 0.4) is 0 Å². The number of nitriles is 1. The van der Waals surface area contributed by atoms with Crippen LogP contribution in [0.25, 0.3) is 0 Å². The van der Waals surface area contributed by atoms with E-state index in [-0.39, 0.29) is 11.1 Å². The van der Waals surface area contributed by atoms with E-state index in [9.17, 15) is 14.9 Å². The zero-order valence-corrected chi connectivity index (χ0v) is 18.5. The van der Waals surface area contributed by atoms with Gasteiger partial charge in [0.1, 0.15) is 22.6 Å². The molecular weight excluding hydrogens is 418 g/mol. The largest absolute Gasteiger partial charge is 0.497 e. The molecule has 1 amide bonds. The van der Waals surface area contributed by atoms with E-state index in [2.05, 4.69) is 10.3 Å². The lowest BCUT2D eigenvalue weighted by Gasteiger charge is -2.16. The van der Waals surface area contributed by atoms with Crippen molar-refractivity contribution in [2.45, 2.75) is 36.8 Å². The highest BCUT2D eigenvalue weighted by Crippen LogP contribution is 2.40. The summed E-state index contributed by atoms with van der Waals surface area (Å²) in [5, 5.41) is 12.7. The Hall–Kier alpha value is -3.25. The van der Waals surface area contributed by atoms with Gasteiger partial charge in [0.15, 0.2) is 6.10 Å². The van der Waals surface area contributed by atoms with Crippen molar-refractivity contribution in [3.8, 4) is 17.6 Å². The number of carbonyl (C=O) groups excluding carboxylic acids is 2. The number of nitrogens with zero attached hydrogens (tertiary/aromatic N) is 2. The number of amides is 1. The number of benzene rings is 1. The molecule has 31 heavy (non-hydrogen) atoms. The molecule has 8 nitrogen and oxygen atoms in total. The maximum Gasteiger partial charge on any atom is 0.340 e. The van der Waals surface area contributed by atoms with Crippen molar-refractivity contribution in [3.63, 3.8) is 0 Å². The number of pyridine rings is 1. The fourth-order valence-corrected chi connectivity index (χ4v) is 3.50. The number of thioether (sulfide) groups is 1. The van der Waals surface area contributed by atoms with Crippen molar-refractivity contribution >= 4 is 29.3 Å². The molecule has 162 valence electrons. The van der Waals surface area contributed by atoms with Gasteiger partial charge in [-0.3, -0.25) is 4.79 Å². The van der Waals surface area contributed by atoms with Gasteiger partial charge in [0.25, 0.3) is 5.91 Å². The molecule has 2 aromatic rings. The summed E-state index contributed by atoms with van der Waals surface area (Å²) in [7, 11) is 3.01. The summed E-state index contributed by atoms with van der Waals surface area (Å²) < 4.78 is 15.8. The van der Waals surface area contributed by atoms with Crippen LogP contribution in [0, 0.1) is 11.3 Å². The number of hydrogen-bond donors (Lipinski definition) is 1. The molecule has 1 saturated carbocycles. The van der Waals surface area contributed by atoms with Crippen LogP contribution in [0.2, 0.25) is 0 Å². The summed E-state index contributed by atoms with van der Waals surface area (Å²) in [6.45, 7) is 1.47. The molecular formula is C22H23N3O5S. The van der Waals surface area contributed by atoms with Crippen molar-refractivity contribution in [2.24, 2.45) is 0 Å². The Bertz CT molecular complexity index is 1020. The third kappa shape index (κ3) is 5.27. The number of carbonyl (C=O) groups is 2. The molecule has 1 N–H and O–H groups in total. The molecule has 0 unspecified atom stereocenters. The number of ether oxygens (including phenoxy) is 3. The lowest BCUT2D eigenvalue weighted by molar-refractivity contribution is -0.123. The van der Waals surface area contributed by atoms with Crippen LogP contribution in [0.1, 0.15) is 47.3 Å². The minimum atomic E-state index is -1.09. The summed E-state index contributed by atoms with van der Waals surface area (Å²) in [6.07, 6.45) is 2.72. The van der Waals surface area contributed by atoms with Gasteiger partial charge in [-0.2, -0.15) is 5.26 Å². The molecule has 1 heterocycles. The molecule has 1 aromatic heterocycles. The Morgan fingerprint density at radius 2 is 1.84 bits per heavy atom. The Kier molecular flexibility index (Phi) is 7.02. The van der Waals surface area contributed by atoms with E-state index in [1.54, 1.807) is 30.5 Å². The molecule has 1 aliphatic rings. The normalized spacial score (nSPS) is 13.6. The number of aromatic nitrogens is 1. The maximum atomic E-state index is 12.8. The highest BCUT2D eigenvalue weighted by atomic mass is 32.2. The molecule has 0 aliphatic heterocycles. The summed E-state index contributed by atoms with van der Waals surface area (Å²) in [5.74, 6) is 0.0543. The second kappa shape index (κ2) is 9.71. The lowest BCUT2D eigenvalue weighted by atomic mass is 10.1. The van der Waals surface area contributed by atoms with E-state index >= 15 is 0 Å². The van der Waals surface area contributed by atoms with Gasteiger partial charge in [-0.15, -0.1) is 11.8 Å². The first-order valence-corrected chi connectivity index (χ1v) is 10.9. The van der Waals surface area contributed by atoms with E-state index in [1.807, 2.05) is 6.07 Å². The smallest absolute Gasteiger partial charge is 0.340 e. The number of esters is 1. The predicted octanol–water partition coefficient (Wildman–Crippen LogP) is 3.75. The van der Waals surface area contributed by atoms with Crippen molar-refractivity contribution < 1.29 is 23.8 Å². The Labute approximate surface area is 184 Å². The van der Waals surface area contributed by atoms with Crippen LogP contribution in [-0.4, -0.2) is 43.4 Å². The van der Waals surface area contributed by atoms with Crippen LogP contribution >= 0.6 is 11.8 Å². The highest BCUT2D eigenvalue weighted by molar-refractivity contribution is 7.98. The number of methoxy groups -OCH3 is 2. The first kappa shape index (κ1) is 22.4. The molecule has 0 spiro atoms. The van der Waals surface area contributed by atoms with E-state index in [4.69, 9.17) is 14.2 Å². The third-order valence-electron chi connectivity index (χ3n) is 4.80. The fraction of sp³-hybridized carbons (Fsp3) is 0.364. The average molecular weight is 442 g/mol. The van der Waals surface area contributed by atoms with Crippen molar-refractivity contribution in [1.29, 1.82) is 5.26 Å². The molecule has 1 fully saturated rings. The fourth-order valence-electron chi connectivity index (χ4n) is 2.95. The standard InChI is InChI=1S/C22H23N3O5S/c1-12(20(26)24-14-7-15(28-2)9-16(8-14)29-3)30-22(27)17-10-19(13-5-6-13)25-21(31-4)18(17)11-23/h7-10,12-13H,5-6H2,1-4H3,(H,24,26)/t12-/m1/s1. The SMILES string of the molecule is COc1cc(NC(=O)[C@@H](C)OC(=O)c2cc(C3CC3)nc(SC)c2C#N)cc(OC)c1. The molecule has 3 rings (SSSR count). The van der Waals surface area contributed by atoms with Gasteiger partial charge in [0, 0.05) is 35.5 Å². The van der Waals surface area contributed by atoms with E-state index < -0.39 is 18.0 Å². The zero-order valence-electron chi connectivity index (χ0n) is 17.7. The first-order valence-electron chi connectivity index (χ1n) is 9.64. The highest BCUT2D eigenvalue weighted by Gasteiger charge is 2.30. The Morgan fingerprint density at radius 3 is 2.35 bits per heavy atom. The van der Waals surface area contributed by atoms with E-state index in [0.29, 0.717) is 28.1 Å². The van der Waals surface area contributed by atoms with Crippen LogP contribution in [-0.2, 0) is 9.53 Å². The molecule has 1 aromatic carbocycles. The number of anilines is 1. The minimum Gasteiger partial charge on any atom is -0.497 e. The van der Waals surface area contributed by atoms with Gasteiger partial charge in [-0.05, 0) is 32.1 Å². The quantitative estimate of drug-likeness (QED) is 0.487. The lowest BCUT2D eigenvalue weighted by Crippen LogP contribution is -2.30. The van der Waals surface area contributed by atoms with E-state index in [1.165, 1.54) is 32.9 Å². The summed E-state index contributed by atoms with van der Waals surface area (Å²) in [4.78, 5) is 29.9. The van der Waals surface area contributed by atoms with Crippen molar-refractivity contribution in [1.82, 2.24) is 4.98 Å². The monoisotopic (exact) mass is 441 g/mol. The Morgan fingerprint density at radius 1 is 1.19 bits per heavy atom. The summed E-state index contributed by atoms with van der Waals surface area (Å²) in [6, 6.07) is 8.56. The van der Waals surface area contributed by atoms with Gasteiger partial charge < -0.3 is 19.5 Å². The van der Waals surface area contributed by atoms with Crippen LogP contribution in [0.5, 0.6) is 11.5 Å². The molecule has 0 saturated heterocycles. The molecule has 0 radical (unpaired) electrons. The van der Waals surface area contributed by atoms with Gasteiger partial charge in [0.05, 0.1) is 25.3 Å². The van der Waals surface area contributed by atoms with Gasteiger partial charge in [-0.1, -0.05) is 0 Å². The second-order valence-corrected chi connectivity index (χ2v) is 7.80.